The van der Waals surface area contributed by atoms with Crippen LogP contribution >= 0.6 is 0 Å². The molecule has 7 nitrogen and oxygen atoms in total. The standard InChI is InChI=1S/C30H37N3O4/c1-30(2,3)37-29(36)33(6)26(20-23-17-12-16-22-15-10-11-18-24(22)23)28(35)32(5)25(27(34)31-4)19-21-13-8-7-9-14-21/h7-18,25-26H,19-20H2,1-6H3,(H,31,34). The zero-order chi connectivity index (χ0) is 27.2. The van der Waals surface area contributed by atoms with Crippen LogP contribution in [0.2, 0.25) is 0 Å². The first-order chi connectivity index (χ1) is 17.5. The Morgan fingerprint density at radius 2 is 1.43 bits per heavy atom. The summed E-state index contributed by atoms with van der Waals surface area (Å²) >= 11 is 0. The van der Waals surface area contributed by atoms with Gasteiger partial charge in [-0.05, 0) is 42.7 Å². The topological polar surface area (TPSA) is 79.0 Å². The third-order valence-electron chi connectivity index (χ3n) is 6.36. The molecule has 0 fully saturated rings. The summed E-state index contributed by atoms with van der Waals surface area (Å²) in [4.78, 5) is 42.8. The Labute approximate surface area is 219 Å². The van der Waals surface area contributed by atoms with Crippen molar-refractivity contribution >= 4 is 28.7 Å². The van der Waals surface area contributed by atoms with Crippen molar-refractivity contribution in [1.82, 2.24) is 15.1 Å². The lowest BCUT2D eigenvalue weighted by Gasteiger charge is -2.35. The third-order valence-corrected chi connectivity index (χ3v) is 6.36. The summed E-state index contributed by atoms with van der Waals surface area (Å²) < 4.78 is 5.60. The number of hydrogen-bond donors (Lipinski definition) is 1. The zero-order valence-corrected chi connectivity index (χ0v) is 22.5. The number of fused-ring (bicyclic) bond motifs is 1. The van der Waals surface area contributed by atoms with E-state index in [2.05, 4.69) is 5.32 Å². The molecule has 37 heavy (non-hydrogen) atoms. The Morgan fingerprint density at radius 1 is 0.811 bits per heavy atom. The van der Waals surface area contributed by atoms with Gasteiger partial charge in [0.05, 0.1) is 0 Å². The van der Waals surface area contributed by atoms with Crippen LogP contribution in [0.15, 0.2) is 72.8 Å². The average Bonchev–Trinajstić information content (AvgIpc) is 2.88. The maximum absolute atomic E-state index is 14.0. The first-order valence-electron chi connectivity index (χ1n) is 12.5. The molecule has 0 aliphatic heterocycles. The van der Waals surface area contributed by atoms with Gasteiger partial charge in [0.15, 0.2) is 0 Å². The molecule has 196 valence electrons. The number of carbonyl (C=O) groups excluding carboxylic acids is 3. The highest BCUT2D eigenvalue weighted by Gasteiger charge is 2.36. The molecular weight excluding hydrogens is 466 g/mol. The molecular formula is C30H37N3O4. The number of carbonyl (C=O) groups is 3. The molecule has 3 aromatic carbocycles. The van der Waals surface area contributed by atoms with Gasteiger partial charge in [-0.25, -0.2) is 4.79 Å². The first kappa shape index (κ1) is 27.7. The lowest BCUT2D eigenvalue weighted by atomic mass is 9.96. The number of rotatable bonds is 8. The van der Waals surface area contributed by atoms with Crippen molar-refractivity contribution in [3.8, 4) is 0 Å². The summed E-state index contributed by atoms with van der Waals surface area (Å²) in [6.45, 7) is 5.36. The van der Waals surface area contributed by atoms with E-state index in [1.165, 1.54) is 9.80 Å². The van der Waals surface area contributed by atoms with Crippen LogP contribution in [-0.2, 0) is 27.2 Å². The highest BCUT2D eigenvalue weighted by molar-refractivity contribution is 5.92. The third kappa shape index (κ3) is 7.09. The average molecular weight is 504 g/mol. The quantitative estimate of drug-likeness (QED) is 0.493. The van der Waals surface area contributed by atoms with Gasteiger partial charge >= 0.3 is 6.09 Å². The molecule has 7 heteroatoms. The van der Waals surface area contributed by atoms with E-state index in [-0.39, 0.29) is 18.2 Å². The number of nitrogens with zero attached hydrogens (tertiary/aromatic N) is 2. The highest BCUT2D eigenvalue weighted by atomic mass is 16.6. The van der Waals surface area contributed by atoms with Gasteiger partial charge in [-0.1, -0.05) is 72.8 Å². The van der Waals surface area contributed by atoms with E-state index in [1.54, 1.807) is 41.9 Å². The molecule has 2 unspecified atom stereocenters. The van der Waals surface area contributed by atoms with Crippen LogP contribution in [0.1, 0.15) is 31.9 Å². The van der Waals surface area contributed by atoms with Crippen molar-refractivity contribution < 1.29 is 19.1 Å². The number of hydrogen-bond acceptors (Lipinski definition) is 4. The fourth-order valence-corrected chi connectivity index (χ4v) is 4.33. The Balaban J connectivity index is 1.98. The molecule has 0 heterocycles. The normalized spacial score (nSPS) is 12.9. The fourth-order valence-electron chi connectivity index (χ4n) is 4.33. The van der Waals surface area contributed by atoms with E-state index >= 15 is 0 Å². The lowest BCUT2D eigenvalue weighted by molar-refractivity contribution is -0.142. The molecule has 1 N–H and O–H groups in total. The molecule has 0 aliphatic carbocycles. The monoisotopic (exact) mass is 503 g/mol. The first-order valence-corrected chi connectivity index (χ1v) is 12.5. The van der Waals surface area contributed by atoms with Crippen LogP contribution in [0.5, 0.6) is 0 Å². The lowest BCUT2D eigenvalue weighted by Crippen LogP contribution is -2.56. The molecule has 2 atom stereocenters. The van der Waals surface area contributed by atoms with Crippen LogP contribution in [0.4, 0.5) is 4.79 Å². The van der Waals surface area contributed by atoms with E-state index in [1.807, 2.05) is 72.8 Å². The van der Waals surface area contributed by atoms with Crippen LogP contribution in [0.3, 0.4) is 0 Å². The Kier molecular flexibility index (Phi) is 8.92. The van der Waals surface area contributed by atoms with Gasteiger partial charge in [-0.2, -0.15) is 0 Å². The number of amides is 3. The second-order valence-corrected chi connectivity index (χ2v) is 10.2. The van der Waals surface area contributed by atoms with E-state index in [0.29, 0.717) is 6.42 Å². The maximum Gasteiger partial charge on any atom is 0.410 e. The van der Waals surface area contributed by atoms with Crippen molar-refractivity contribution in [2.45, 2.75) is 51.3 Å². The number of likely N-dealkylation sites (N-methyl/N-ethyl adjacent to an activating group) is 3. The van der Waals surface area contributed by atoms with Gasteiger partial charge in [0.25, 0.3) is 0 Å². The van der Waals surface area contributed by atoms with E-state index in [0.717, 1.165) is 21.9 Å². The Morgan fingerprint density at radius 3 is 2.08 bits per heavy atom. The van der Waals surface area contributed by atoms with Crippen LogP contribution in [0, 0.1) is 0 Å². The molecule has 0 spiro atoms. The molecule has 0 bridgehead atoms. The predicted octanol–water partition coefficient (Wildman–Crippen LogP) is 4.43. The second-order valence-electron chi connectivity index (χ2n) is 10.2. The van der Waals surface area contributed by atoms with Crippen molar-refractivity contribution in [2.24, 2.45) is 0 Å². The molecule has 0 radical (unpaired) electrons. The zero-order valence-electron chi connectivity index (χ0n) is 22.5. The van der Waals surface area contributed by atoms with E-state index in [4.69, 9.17) is 4.74 Å². The van der Waals surface area contributed by atoms with Crippen LogP contribution in [0.25, 0.3) is 10.8 Å². The van der Waals surface area contributed by atoms with Gasteiger partial charge in [0.1, 0.15) is 17.7 Å². The fraction of sp³-hybridized carbons (Fsp3) is 0.367. The number of benzene rings is 3. The predicted molar refractivity (Wildman–Crippen MR) is 146 cm³/mol. The van der Waals surface area contributed by atoms with E-state index < -0.39 is 23.8 Å². The Bertz CT molecular complexity index is 1230. The van der Waals surface area contributed by atoms with Crippen LogP contribution < -0.4 is 5.32 Å². The molecule has 0 aliphatic rings. The van der Waals surface area contributed by atoms with Gasteiger partial charge < -0.3 is 15.0 Å². The summed E-state index contributed by atoms with van der Waals surface area (Å²) in [5.41, 5.74) is 1.14. The van der Waals surface area contributed by atoms with Crippen molar-refractivity contribution in [3.05, 3.63) is 83.9 Å². The number of ether oxygens (including phenoxy) is 1. The summed E-state index contributed by atoms with van der Waals surface area (Å²) in [7, 11) is 4.74. The molecule has 3 rings (SSSR count). The smallest absolute Gasteiger partial charge is 0.410 e. The summed E-state index contributed by atoms with van der Waals surface area (Å²) in [6.07, 6.45) is 0.0189. The minimum atomic E-state index is -0.881. The largest absolute Gasteiger partial charge is 0.444 e. The highest BCUT2D eigenvalue weighted by Crippen LogP contribution is 2.23. The second kappa shape index (κ2) is 11.9. The minimum absolute atomic E-state index is 0.270. The minimum Gasteiger partial charge on any atom is -0.444 e. The van der Waals surface area contributed by atoms with Crippen molar-refractivity contribution in [3.63, 3.8) is 0 Å². The summed E-state index contributed by atoms with van der Waals surface area (Å²) in [5, 5.41) is 4.74. The Hall–Kier alpha value is -3.87. The van der Waals surface area contributed by atoms with Crippen LogP contribution in [-0.4, -0.2) is 66.5 Å². The SMILES string of the molecule is CNC(=O)C(Cc1ccccc1)N(C)C(=O)C(Cc1cccc2ccccc12)N(C)C(=O)OC(C)(C)C. The van der Waals surface area contributed by atoms with Gasteiger partial charge in [0.2, 0.25) is 11.8 Å². The molecule has 0 saturated heterocycles. The van der Waals surface area contributed by atoms with Crippen molar-refractivity contribution in [1.29, 1.82) is 0 Å². The van der Waals surface area contributed by atoms with Gasteiger partial charge in [-0.3, -0.25) is 14.5 Å². The molecule has 0 aromatic heterocycles. The molecule has 3 aromatic rings. The van der Waals surface area contributed by atoms with Gasteiger partial charge in [0, 0.05) is 34.0 Å². The van der Waals surface area contributed by atoms with Gasteiger partial charge in [-0.15, -0.1) is 0 Å². The maximum atomic E-state index is 14.0. The summed E-state index contributed by atoms with van der Waals surface area (Å²) in [6, 6.07) is 21.8. The molecule has 0 saturated carbocycles. The molecule has 3 amide bonds. The summed E-state index contributed by atoms with van der Waals surface area (Å²) in [5.74, 6) is -0.616. The van der Waals surface area contributed by atoms with Crippen molar-refractivity contribution in [2.75, 3.05) is 21.1 Å². The van der Waals surface area contributed by atoms with E-state index in [9.17, 15) is 14.4 Å². The number of nitrogens with one attached hydrogen (secondary N) is 1.